The summed E-state index contributed by atoms with van der Waals surface area (Å²) < 4.78 is 0. The Morgan fingerprint density at radius 1 is 1.62 bits per heavy atom. The third-order valence-corrected chi connectivity index (χ3v) is 1.51. The van der Waals surface area contributed by atoms with E-state index in [1.165, 1.54) is 12.1 Å². The Morgan fingerprint density at radius 2 is 2.31 bits per heavy atom. The van der Waals surface area contributed by atoms with Gasteiger partial charge in [-0.3, -0.25) is 4.79 Å². The van der Waals surface area contributed by atoms with Gasteiger partial charge < -0.3 is 10.1 Å². The maximum absolute atomic E-state index is 10.8. The first-order chi connectivity index (χ1) is 6.15. The van der Waals surface area contributed by atoms with E-state index in [2.05, 4.69) is 10.9 Å². The SMILES string of the molecule is C#CCc1ccc(=O)[nH]c1C(=O)O. The number of nitrogens with one attached hydrogen (secondary N) is 1. The highest BCUT2D eigenvalue weighted by atomic mass is 16.4. The molecule has 0 bridgehead atoms. The lowest BCUT2D eigenvalue weighted by atomic mass is 10.1. The van der Waals surface area contributed by atoms with Gasteiger partial charge in [0.25, 0.3) is 0 Å². The van der Waals surface area contributed by atoms with E-state index in [0.717, 1.165) is 0 Å². The van der Waals surface area contributed by atoms with Gasteiger partial charge in [-0.05, 0) is 5.56 Å². The summed E-state index contributed by atoms with van der Waals surface area (Å²) in [5.41, 5.74) is -0.141. The van der Waals surface area contributed by atoms with Crippen LogP contribution in [0.2, 0.25) is 0 Å². The van der Waals surface area contributed by atoms with Crippen LogP contribution in [-0.2, 0) is 6.42 Å². The van der Waals surface area contributed by atoms with Gasteiger partial charge in [0.2, 0.25) is 5.56 Å². The van der Waals surface area contributed by atoms with E-state index in [0.29, 0.717) is 5.56 Å². The maximum atomic E-state index is 10.8. The summed E-state index contributed by atoms with van der Waals surface area (Å²) in [7, 11) is 0. The van der Waals surface area contributed by atoms with Gasteiger partial charge in [0.1, 0.15) is 5.69 Å². The van der Waals surface area contributed by atoms with Crippen molar-refractivity contribution in [3.63, 3.8) is 0 Å². The van der Waals surface area contributed by atoms with Gasteiger partial charge in [0, 0.05) is 12.5 Å². The van der Waals surface area contributed by atoms with Crippen LogP contribution < -0.4 is 5.56 Å². The van der Waals surface area contributed by atoms with Crippen LogP contribution in [0.15, 0.2) is 16.9 Å². The zero-order valence-corrected chi connectivity index (χ0v) is 6.70. The van der Waals surface area contributed by atoms with Gasteiger partial charge in [-0.1, -0.05) is 6.07 Å². The first-order valence-electron chi connectivity index (χ1n) is 3.54. The third kappa shape index (κ3) is 1.97. The molecule has 1 heterocycles. The Bertz CT molecular complexity index is 425. The summed E-state index contributed by atoms with van der Waals surface area (Å²) in [6.07, 6.45) is 5.23. The molecule has 0 saturated carbocycles. The molecule has 66 valence electrons. The zero-order valence-electron chi connectivity index (χ0n) is 6.70. The van der Waals surface area contributed by atoms with Crippen molar-refractivity contribution in [1.82, 2.24) is 4.98 Å². The topological polar surface area (TPSA) is 70.2 Å². The smallest absolute Gasteiger partial charge is 0.352 e. The first kappa shape index (κ1) is 9.07. The number of hydrogen-bond acceptors (Lipinski definition) is 2. The highest BCUT2D eigenvalue weighted by Gasteiger charge is 2.09. The van der Waals surface area contributed by atoms with E-state index >= 15 is 0 Å². The summed E-state index contributed by atoms with van der Waals surface area (Å²) in [4.78, 5) is 23.6. The number of aromatic carboxylic acids is 1. The number of carbonyl (C=O) groups is 1. The fraction of sp³-hybridized carbons (Fsp3) is 0.111. The number of rotatable bonds is 2. The molecular formula is C9H7NO3. The molecule has 0 atom stereocenters. The van der Waals surface area contributed by atoms with Crippen molar-refractivity contribution < 1.29 is 9.90 Å². The average Bonchev–Trinajstić information content (AvgIpc) is 2.08. The lowest BCUT2D eigenvalue weighted by molar-refractivity contribution is 0.0689. The van der Waals surface area contributed by atoms with Crippen LogP contribution in [0.4, 0.5) is 0 Å². The van der Waals surface area contributed by atoms with Crippen LogP contribution in [0.5, 0.6) is 0 Å². The Labute approximate surface area is 74.2 Å². The number of carboxylic acid groups (broad SMARTS) is 1. The molecule has 0 aromatic carbocycles. The van der Waals surface area contributed by atoms with E-state index in [4.69, 9.17) is 11.5 Å². The Hall–Kier alpha value is -2.02. The molecule has 0 radical (unpaired) electrons. The third-order valence-electron chi connectivity index (χ3n) is 1.51. The van der Waals surface area contributed by atoms with Gasteiger partial charge >= 0.3 is 5.97 Å². The molecule has 0 amide bonds. The average molecular weight is 177 g/mol. The summed E-state index contributed by atoms with van der Waals surface area (Å²) >= 11 is 0. The molecule has 0 spiro atoms. The minimum absolute atomic E-state index is 0.134. The Morgan fingerprint density at radius 3 is 2.85 bits per heavy atom. The van der Waals surface area contributed by atoms with Crippen LogP contribution in [0.25, 0.3) is 0 Å². The molecule has 0 aliphatic heterocycles. The fourth-order valence-corrected chi connectivity index (χ4v) is 0.953. The zero-order chi connectivity index (χ0) is 9.84. The molecule has 0 unspecified atom stereocenters. The number of aromatic amines is 1. The van der Waals surface area contributed by atoms with Crippen LogP contribution >= 0.6 is 0 Å². The molecule has 4 nitrogen and oxygen atoms in total. The lowest BCUT2D eigenvalue weighted by Crippen LogP contribution is -2.14. The second-order valence-electron chi connectivity index (χ2n) is 2.41. The van der Waals surface area contributed by atoms with Gasteiger partial charge in [-0.2, -0.15) is 0 Å². The molecule has 0 fully saturated rings. The molecular weight excluding hydrogens is 170 g/mol. The predicted octanol–water partition coefficient (Wildman–Crippen LogP) is 0.249. The molecule has 2 N–H and O–H groups in total. The van der Waals surface area contributed by atoms with Gasteiger partial charge in [0.05, 0.1) is 0 Å². The van der Waals surface area contributed by atoms with Crippen LogP contribution in [0, 0.1) is 12.3 Å². The summed E-state index contributed by atoms with van der Waals surface area (Å²) in [5.74, 6) is 1.14. The van der Waals surface area contributed by atoms with E-state index < -0.39 is 11.5 Å². The monoisotopic (exact) mass is 177 g/mol. The molecule has 1 aromatic heterocycles. The largest absolute Gasteiger partial charge is 0.477 e. The van der Waals surface area contributed by atoms with E-state index in [9.17, 15) is 9.59 Å². The van der Waals surface area contributed by atoms with Crippen molar-refractivity contribution >= 4 is 5.97 Å². The van der Waals surface area contributed by atoms with Crippen molar-refractivity contribution in [3.8, 4) is 12.3 Å². The molecule has 0 aliphatic rings. The van der Waals surface area contributed by atoms with Gasteiger partial charge in [0.15, 0.2) is 0 Å². The van der Waals surface area contributed by atoms with Crippen molar-refractivity contribution in [2.45, 2.75) is 6.42 Å². The molecule has 1 rings (SSSR count). The van der Waals surface area contributed by atoms with Crippen molar-refractivity contribution in [3.05, 3.63) is 33.7 Å². The summed E-state index contributed by atoms with van der Waals surface area (Å²) in [5, 5.41) is 8.68. The maximum Gasteiger partial charge on any atom is 0.352 e. The van der Waals surface area contributed by atoms with Crippen molar-refractivity contribution in [2.24, 2.45) is 0 Å². The minimum Gasteiger partial charge on any atom is -0.477 e. The van der Waals surface area contributed by atoms with Gasteiger partial charge in [-0.25, -0.2) is 4.79 Å². The Kier molecular flexibility index (Phi) is 2.50. The van der Waals surface area contributed by atoms with E-state index in [1.807, 2.05) is 0 Å². The van der Waals surface area contributed by atoms with Crippen LogP contribution in [0.1, 0.15) is 16.1 Å². The number of H-pyrrole nitrogens is 1. The predicted molar refractivity (Wildman–Crippen MR) is 46.6 cm³/mol. The molecule has 4 heteroatoms. The minimum atomic E-state index is -1.18. The number of pyridine rings is 1. The second-order valence-corrected chi connectivity index (χ2v) is 2.41. The summed E-state index contributed by atoms with van der Waals surface area (Å²) in [6, 6.07) is 2.67. The number of aromatic nitrogens is 1. The van der Waals surface area contributed by atoms with Crippen LogP contribution in [0.3, 0.4) is 0 Å². The normalized spacial score (nSPS) is 9.15. The van der Waals surface area contributed by atoms with Crippen LogP contribution in [-0.4, -0.2) is 16.1 Å². The quantitative estimate of drug-likeness (QED) is 0.636. The molecule has 0 saturated heterocycles. The van der Waals surface area contributed by atoms with E-state index in [-0.39, 0.29) is 12.1 Å². The molecule has 0 aliphatic carbocycles. The number of terminal acetylenes is 1. The van der Waals surface area contributed by atoms with Crippen molar-refractivity contribution in [1.29, 1.82) is 0 Å². The van der Waals surface area contributed by atoms with E-state index in [1.54, 1.807) is 0 Å². The van der Waals surface area contributed by atoms with Crippen molar-refractivity contribution in [2.75, 3.05) is 0 Å². The van der Waals surface area contributed by atoms with Gasteiger partial charge in [-0.15, -0.1) is 12.3 Å². The number of carboxylic acids is 1. The number of hydrogen-bond donors (Lipinski definition) is 2. The first-order valence-corrected chi connectivity index (χ1v) is 3.54. The fourth-order valence-electron chi connectivity index (χ4n) is 0.953. The molecule has 13 heavy (non-hydrogen) atoms. The molecule has 1 aromatic rings. The second kappa shape index (κ2) is 3.59. The summed E-state index contributed by atoms with van der Waals surface area (Å²) in [6.45, 7) is 0. The lowest BCUT2D eigenvalue weighted by Gasteiger charge is -2.00. The highest BCUT2D eigenvalue weighted by molar-refractivity contribution is 5.87. The standard InChI is InChI=1S/C9H7NO3/c1-2-3-6-4-5-7(11)10-8(6)9(12)13/h1,4-5H,3H2,(H,10,11)(H,12,13). The highest BCUT2D eigenvalue weighted by Crippen LogP contribution is 2.03. The Balaban J connectivity index is 3.28.